The first-order chi connectivity index (χ1) is 7.64. The fourth-order valence-electron chi connectivity index (χ4n) is 1.35. The number of rotatable bonds is 2. The molecule has 0 saturated carbocycles. The Morgan fingerprint density at radius 2 is 1.24 bits per heavy atom. The van der Waals surface area contributed by atoms with Gasteiger partial charge in [-0.15, -0.1) is 0 Å². The Morgan fingerprint density at radius 3 is 1.59 bits per heavy atom. The molecule has 0 amide bonds. The van der Waals surface area contributed by atoms with Crippen molar-refractivity contribution in [1.29, 1.82) is 0 Å². The Balaban J connectivity index is 3.09. The lowest BCUT2D eigenvalue weighted by Gasteiger charge is -2.27. The molecule has 0 spiro atoms. The van der Waals surface area contributed by atoms with Gasteiger partial charge in [-0.1, -0.05) is 46.3 Å². The Morgan fingerprint density at radius 1 is 0.824 bits per heavy atom. The van der Waals surface area contributed by atoms with Crippen LogP contribution < -0.4 is 0 Å². The topological polar surface area (TPSA) is 0 Å². The van der Waals surface area contributed by atoms with Crippen molar-refractivity contribution in [2.75, 3.05) is 0 Å². The maximum Gasteiger partial charge on any atom is 0.401 e. The third-order valence-corrected chi connectivity index (χ3v) is 3.17. The summed E-state index contributed by atoms with van der Waals surface area (Å²) in [6.45, 7) is 0. The summed E-state index contributed by atoms with van der Waals surface area (Å²) in [6, 6.07) is 6.70. The van der Waals surface area contributed by atoms with Crippen LogP contribution in [0.25, 0.3) is 0 Å². The van der Waals surface area contributed by atoms with Crippen molar-refractivity contribution >= 4 is 15.9 Å². The highest BCUT2D eigenvalue weighted by Crippen LogP contribution is 2.49. The summed E-state index contributed by atoms with van der Waals surface area (Å²) in [6.07, 6.45) is -10.7. The van der Waals surface area contributed by atoms with Crippen molar-refractivity contribution in [2.45, 2.75) is 17.2 Å². The average Bonchev–Trinajstić information content (AvgIpc) is 2.14. The molecule has 0 aliphatic heterocycles. The smallest absolute Gasteiger partial charge is 0.170 e. The van der Waals surface area contributed by atoms with Crippen molar-refractivity contribution in [3.05, 3.63) is 35.9 Å². The van der Waals surface area contributed by atoms with E-state index in [1.165, 1.54) is 30.3 Å². The van der Waals surface area contributed by atoms with E-state index < -0.39 is 23.1 Å². The fraction of sp³-hybridized carbons (Fsp3) is 0.400. The molecule has 0 radical (unpaired) electrons. The van der Waals surface area contributed by atoms with Gasteiger partial charge in [-0.05, 0) is 5.56 Å². The van der Waals surface area contributed by atoms with Crippen LogP contribution in [0.4, 0.5) is 26.3 Å². The molecule has 0 N–H and O–H groups in total. The zero-order valence-electron chi connectivity index (χ0n) is 8.19. The van der Waals surface area contributed by atoms with Crippen LogP contribution in [-0.4, -0.2) is 12.4 Å². The van der Waals surface area contributed by atoms with Crippen LogP contribution >= 0.6 is 15.9 Å². The fourth-order valence-corrected chi connectivity index (χ4v) is 2.25. The van der Waals surface area contributed by atoms with Crippen LogP contribution in [0.3, 0.4) is 0 Å². The van der Waals surface area contributed by atoms with E-state index in [0.29, 0.717) is 0 Å². The first kappa shape index (κ1) is 14.3. The Kier molecular flexibility index (Phi) is 4.11. The molecule has 0 bridgehead atoms. The van der Waals surface area contributed by atoms with Gasteiger partial charge in [0, 0.05) is 0 Å². The molecule has 17 heavy (non-hydrogen) atoms. The Labute approximate surface area is 102 Å². The first-order valence-electron chi connectivity index (χ1n) is 4.46. The first-order valence-corrected chi connectivity index (χ1v) is 5.38. The van der Waals surface area contributed by atoms with E-state index in [2.05, 4.69) is 15.9 Å². The van der Waals surface area contributed by atoms with Gasteiger partial charge in [0.2, 0.25) is 0 Å². The molecule has 0 heterocycles. The number of benzene rings is 1. The van der Waals surface area contributed by atoms with E-state index in [4.69, 9.17) is 0 Å². The van der Waals surface area contributed by atoms with Gasteiger partial charge in [-0.3, -0.25) is 0 Å². The molecule has 0 aromatic heterocycles. The minimum Gasteiger partial charge on any atom is -0.170 e. The van der Waals surface area contributed by atoms with Gasteiger partial charge in [-0.2, -0.15) is 26.3 Å². The number of hydrogen-bond acceptors (Lipinski definition) is 0. The minimum atomic E-state index is -5.34. The zero-order valence-corrected chi connectivity index (χ0v) is 9.77. The molecule has 1 atom stereocenters. The van der Waals surface area contributed by atoms with Crippen molar-refractivity contribution in [2.24, 2.45) is 5.92 Å². The van der Waals surface area contributed by atoms with E-state index in [1.807, 2.05) is 0 Å². The van der Waals surface area contributed by atoms with Crippen LogP contribution in [0.15, 0.2) is 30.3 Å². The maximum atomic E-state index is 12.4. The predicted octanol–water partition coefficient (Wildman–Crippen LogP) is 4.86. The number of hydrogen-bond donors (Lipinski definition) is 0. The molecule has 7 heteroatoms. The Bertz CT molecular complexity index is 341. The molecule has 1 rings (SSSR count). The molecule has 0 nitrogen and oxygen atoms in total. The second kappa shape index (κ2) is 4.88. The van der Waals surface area contributed by atoms with Gasteiger partial charge < -0.3 is 0 Å². The lowest BCUT2D eigenvalue weighted by molar-refractivity contribution is -0.283. The third-order valence-electron chi connectivity index (χ3n) is 2.12. The maximum absolute atomic E-state index is 12.4. The van der Waals surface area contributed by atoms with Crippen LogP contribution in [0.2, 0.25) is 0 Å². The number of alkyl halides is 7. The van der Waals surface area contributed by atoms with Gasteiger partial charge in [0.05, 0.1) is 4.83 Å². The molecule has 0 saturated heterocycles. The number of halogens is 7. The standard InChI is InChI=1S/C10H7BrF6/c11-7(6-4-2-1-3-5-6)8(9(12,13)14)10(15,16)17/h1-5,7-8H. The zero-order chi connectivity index (χ0) is 13.3. The summed E-state index contributed by atoms with van der Waals surface area (Å²) < 4.78 is 74.4. The SMILES string of the molecule is FC(F)(F)C(C(Br)c1ccccc1)C(F)(F)F. The van der Waals surface area contributed by atoms with E-state index in [9.17, 15) is 26.3 Å². The summed E-state index contributed by atoms with van der Waals surface area (Å²) in [5.74, 6) is -3.42. The highest BCUT2D eigenvalue weighted by Gasteiger charge is 2.59. The molecule has 0 fully saturated rings. The third kappa shape index (κ3) is 3.62. The summed E-state index contributed by atoms with van der Waals surface area (Å²) in [5.41, 5.74) is -0.0628. The van der Waals surface area contributed by atoms with E-state index >= 15 is 0 Å². The minimum absolute atomic E-state index is 0.0628. The summed E-state index contributed by atoms with van der Waals surface area (Å²) in [4.78, 5) is -1.84. The molecule has 96 valence electrons. The van der Waals surface area contributed by atoms with Crippen LogP contribution in [0.5, 0.6) is 0 Å². The average molecular weight is 321 g/mol. The molecule has 1 aromatic rings. The highest BCUT2D eigenvalue weighted by molar-refractivity contribution is 9.09. The van der Waals surface area contributed by atoms with Gasteiger partial charge in [0.15, 0.2) is 5.92 Å². The van der Waals surface area contributed by atoms with E-state index in [0.717, 1.165) is 0 Å². The largest absolute Gasteiger partial charge is 0.401 e. The summed E-state index contributed by atoms with van der Waals surface area (Å²) >= 11 is 2.48. The second-order valence-corrected chi connectivity index (χ2v) is 4.36. The van der Waals surface area contributed by atoms with Crippen molar-refractivity contribution in [3.63, 3.8) is 0 Å². The predicted molar refractivity (Wildman–Crippen MR) is 53.7 cm³/mol. The van der Waals surface area contributed by atoms with E-state index in [-0.39, 0.29) is 5.56 Å². The van der Waals surface area contributed by atoms with E-state index in [1.54, 1.807) is 0 Å². The highest BCUT2D eigenvalue weighted by atomic mass is 79.9. The Hall–Kier alpha value is -0.720. The van der Waals surface area contributed by atoms with Crippen molar-refractivity contribution in [1.82, 2.24) is 0 Å². The lowest BCUT2D eigenvalue weighted by atomic mass is 9.98. The normalized spacial score (nSPS) is 15.1. The van der Waals surface area contributed by atoms with Crippen molar-refractivity contribution < 1.29 is 26.3 Å². The molecule has 1 aromatic carbocycles. The molecular formula is C10H7BrF6. The van der Waals surface area contributed by atoms with Gasteiger partial charge in [0.25, 0.3) is 0 Å². The van der Waals surface area contributed by atoms with Gasteiger partial charge in [0.1, 0.15) is 0 Å². The van der Waals surface area contributed by atoms with Gasteiger partial charge in [-0.25, -0.2) is 0 Å². The quantitative estimate of drug-likeness (QED) is 0.539. The lowest BCUT2D eigenvalue weighted by Crippen LogP contribution is -2.39. The molecular weight excluding hydrogens is 314 g/mol. The van der Waals surface area contributed by atoms with Crippen LogP contribution in [0, 0.1) is 5.92 Å². The molecule has 0 aliphatic rings. The molecule has 0 aliphatic carbocycles. The van der Waals surface area contributed by atoms with Gasteiger partial charge >= 0.3 is 12.4 Å². The second-order valence-electron chi connectivity index (χ2n) is 3.37. The van der Waals surface area contributed by atoms with Crippen molar-refractivity contribution in [3.8, 4) is 0 Å². The summed E-state index contributed by atoms with van der Waals surface area (Å²) in [5, 5.41) is 0. The van der Waals surface area contributed by atoms with Crippen LogP contribution in [0.1, 0.15) is 10.4 Å². The molecule has 1 unspecified atom stereocenters. The van der Waals surface area contributed by atoms with Crippen LogP contribution in [-0.2, 0) is 0 Å². The summed E-state index contributed by atoms with van der Waals surface area (Å²) in [7, 11) is 0. The monoisotopic (exact) mass is 320 g/mol.